The summed E-state index contributed by atoms with van der Waals surface area (Å²) in [5, 5.41) is 26.4. The van der Waals surface area contributed by atoms with Crippen LogP contribution in [0.4, 0.5) is 0 Å². The van der Waals surface area contributed by atoms with E-state index in [1.165, 1.54) is 37.8 Å². The molecule has 6 aromatic rings. The van der Waals surface area contributed by atoms with E-state index in [1.807, 2.05) is 12.1 Å². The number of para-hydroxylation sites is 1. The number of rotatable bonds is 2. The van der Waals surface area contributed by atoms with Gasteiger partial charge >= 0.3 is 0 Å². The van der Waals surface area contributed by atoms with Crippen LogP contribution in [0.2, 0.25) is 0 Å². The number of benzene rings is 3. The van der Waals surface area contributed by atoms with Crippen LogP contribution in [0.5, 0.6) is 0 Å². The van der Waals surface area contributed by atoms with Crippen LogP contribution in [0.3, 0.4) is 0 Å². The molecule has 0 aliphatic carbocycles. The molecule has 0 fully saturated rings. The first-order valence-electron chi connectivity index (χ1n) is 11.3. The largest absolute Gasteiger partial charge is 0.299 e. The Morgan fingerprint density at radius 1 is 0.912 bits per heavy atom. The number of pyridine rings is 1. The fraction of sp³-hybridized carbons (Fsp3) is 0.172. The molecular weight excluding hydrogens is 433 g/mol. The molecule has 2 radical (unpaired) electrons. The molecule has 0 spiro atoms. The molecule has 0 aliphatic rings. The third-order valence-corrected chi connectivity index (χ3v) is 7.83. The molecule has 5 heteroatoms. The van der Waals surface area contributed by atoms with E-state index in [2.05, 4.69) is 79.8 Å². The number of nitriles is 2. The Morgan fingerprint density at radius 3 is 2.38 bits per heavy atom. The Bertz CT molecular complexity index is 1880. The summed E-state index contributed by atoms with van der Waals surface area (Å²) >= 11 is 1.59. The summed E-state index contributed by atoms with van der Waals surface area (Å²) in [5.74, 6) is 0. The third-order valence-electron chi connectivity index (χ3n) is 6.58. The lowest BCUT2D eigenvalue weighted by Gasteiger charge is -2.20. The fourth-order valence-electron chi connectivity index (χ4n) is 5.31. The van der Waals surface area contributed by atoms with E-state index in [0.717, 1.165) is 27.2 Å². The minimum absolute atomic E-state index is 0.0116. The molecule has 3 aromatic carbocycles. The topological polar surface area (TPSA) is 52.0 Å². The van der Waals surface area contributed by atoms with Gasteiger partial charge < -0.3 is 0 Å². The lowest BCUT2D eigenvalue weighted by atomic mass is 9.81. The van der Waals surface area contributed by atoms with Gasteiger partial charge in [0.1, 0.15) is 30.4 Å². The zero-order valence-electron chi connectivity index (χ0n) is 19.2. The minimum Gasteiger partial charge on any atom is -0.299 e. The predicted octanol–water partition coefficient (Wildman–Crippen LogP) is 7.57. The average Bonchev–Trinajstić information content (AvgIpc) is 3.34. The normalized spacial score (nSPS) is 12.1. The molecule has 0 saturated heterocycles. The van der Waals surface area contributed by atoms with Crippen molar-refractivity contribution >= 4 is 72.8 Å². The summed E-state index contributed by atoms with van der Waals surface area (Å²) in [6.07, 6.45) is 0.778. The second-order valence-corrected chi connectivity index (χ2v) is 11.1. The van der Waals surface area contributed by atoms with Crippen LogP contribution in [-0.4, -0.2) is 12.2 Å². The minimum atomic E-state index is -0.0352. The molecule has 160 valence electrons. The summed E-state index contributed by atoms with van der Waals surface area (Å²) in [5.41, 5.74) is 3.70. The maximum absolute atomic E-state index is 9.57. The number of fused-ring (bicyclic) bond motifs is 6. The van der Waals surface area contributed by atoms with Gasteiger partial charge in [-0.2, -0.15) is 10.5 Å². The Kier molecular flexibility index (Phi) is 4.34. The maximum atomic E-state index is 9.57. The summed E-state index contributed by atoms with van der Waals surface area (Å²) in [7, 11) is 6.52. The SMILES string of the molecule is [B]C(=C(C#N)C#N)c1sc2c(c1CC(C)(C)C)c1cccc3ccc4c5ccccc5n2c4c31. The smallest absolute Gasteiger partial charge is 0.124 e. The molecule has 3 heterocycles. The third kappa shape index (κ3) is 2.74. The number of nitrogens with zero attached hydrogens (tertiary/aromatic N) is 3. The second kappa shape index (κ2) is 7.10. The lowest BCUT2D eigenvalue weighted by Crippen LogP contribution is -2.10. The first-order valence-corrected chi connectivity index (χ1v) is 12.1. The first kappa shape index (κ1) is 20.8. The van der Waals surface area contributed by atoms with E-state index in [-0.39, 0.29) is 16.5 Å². The molecular formula is C29H20BN3S. The number of thiophene rings is 1. The fourth-order valence-corrected chi connectivity index (χ4v) is 6.63. The van der Waals surface area contributed by atoms with Gasteiger partial charge in [-0.25, -0.2) is 0 Å². The van der Waals surface area contributed by atoms with Crippen LogP contribution in [-0.2, 0) is 6.42 Å². The number of aromatic nitrogens is 1. The maximum Gasteiger partial charge on any atom is 0.124 e. The van der Waals surface area contributed by atoms with Crippen LogP contribution in [0.1, 0.15) is 31.2 Å². The summed E-state index contributed by atoms with van der Waals surface area (Å²) in [6.45, 7) is 6.62. The molecule has 34 heavy (non-hydrogen) atoms. The Morgan fingerprint density at radius 2 is 1.65 bits per heavy atom. The highest BCUT2D eigenvalue weighted by Crippen LogP contribution is 2.47. The van der Waals surface area contributed by atoms with Crippen LogP contribution < -0.4 is 0 Å². The van der Waals surface area contributed by atoms with Crippen molar-refractivity contribution in [3.63, 3.8) is 0 Å². The molecule has 0 amide bonds. The standard InChI is InChI=1S/C29H20BN3S/c1-29(2,3)13-21-24-20-9-6-7-16-11-12-19-18-8-4-5-10-22(18)33(26(19)23(16)20)28(24)34-27(21)25(30)17(14-31)15-32/h4-12H,13H2,1-3H3. The van der Waals surface area contributed by atoms with Crippen molar-refractivity contribution < 1.29 is 0 Å². The van der Waals surface area contributed by atoms with Crippen molar-refractivity contribution in [1.82, 2.24) is 4.40 Å². The van der Waals surface area contributed by atoms with Crippen LogP contribution in [0.15, 0.2) is 60.2 Å². The van der Waals surface area contributed by atoms with E-state index in [1.54, 1.807) is 11.3 Å². The van der Waals surface area contributed by atoms with E-state index in [9.17, 15) is 10.5 Å². The van der Waals surface area contributed by atoms with Gasteiger partial charge in [-0.15, -0.1) is 11.3 Å². The van der Waals surface area contributed by atoms with E-state index in [4.69, 9.17) is 7.85 Å². The number of hydrogen-bond donors (Lipinski definition) is 0. The van der Waals surface area contributed by atoms with Crippen molar-refractivity contribution in [3.05, 3.63) is 70.6 Å². The first-order chi connectivity index (χ1) is 16.3. The molecule has 0 bridgehead atoms. The van der Waals surface area contributed by atoms with Gasteiger partial charge in [0.05, 0.1) is 11.0 Å². The van der Waals surface area contributed by atoms with Gasteiger partial charge in [-0.3, -0.25) is 4.40 Å². The molecule has 0 aliphatic heterocycles. The molecule has 0 N–H and O–H groups in total. The highest BCUT2D eigenvalue weighted by Gasteiger charge is 2.26. The monoisotopic (exact) mass is 453 g/mol. The van der Waals surface area contributed by atoms with Gasteiger partial charge in [-0.1, -0.05) is 74.8 Å². The zero-order chi connectivity index (χ0) is 23.8. The highest BCUT2D eigenvalue weighted by atomic mass is 32.1. The average molecular weight is 453 g/mol. The Balaban J connectivity index is 1.96. The number of allylic oxidation sites excluding steroid dienone is 1. The van der Waals surface area contributed by atoms with Gasteiger partial charge in [-0.05, 0) is 34.2 Å². The molecule has 3 aromatic heterocycles. The second-order valence-electron chi connectivity index (χ2n) is 10.1. The lowest BCUT2D eigenvalue weighted by molar-refractivity contribution is 0.413. The van der Waals surface area contributed by atoms with Crippen molar-refractivity contribution in [2.24, 2.45) is 5.41 Å². The van der Waals surface area contributed by atoms with Crippen molar-refractivity contribution in [2.75, 3.05) is 0 Å². The zero-order valence-corrected chi connectivity index (χ0v) is 20.0. The van der Waals surface area contributed by atoms with Crippen LogP contribution in [0, 0.1) is 28.1 Å². The van der Waals surface area contributed by atoms with Crippen molar-refractivity contribution in [2.45, 2.75) is 27.2 Å². The van der Waals surface area contributed by atoms with E-state index in [0.29, 0.717) is 0 Å². The van der Waals surface area contributed by atoms with Crippen molar-refractivity contribution in [1.29, 1.82) is 10.5 Å². The summed E-state index contributed by atoms with van der Waals surface area (Å²) in [6, 6.07) is 23.4. The molecule has 0 unspecified atom stereocenters. The van der Waals surface area contributed by atoms with Crippen LogP contribution >= 0.6 is 11.3 Å². The van der Waals surface area contributed by atoms with Gasteiger partial charge in [0.2, 0.25) is 0 Å². The molecule has 0 atom stereocenters. The predicted molar refractivity (Wildman–Crippen MR) is 144 cm³/mol. The van der Waals surface area contributed by atoms with Crippen LogP contribution in [0.25, 0.3) is 53.7 Å². The van der Waals surface area contributed by atoms with E-state index < -0.39 is 0 Å². The molecule has 6 rings (SSSR count). The number of hydrogen-bond acceptors (Lipinski definition) is 3. The van der Waals surface area contributed by atoms with Crippen molar-refractivity contribution in [3.8, 4) is 12.1 Å². The van der Waals surface area contributed by atoms with Gasteiger partial charge in [0.25, 0.3) is 0 Å². The summed E-state index contributed by atoms with van der Waals surface area (Å²) < 4.78 is 2.36. The van der Waals surface area contributed by atoms with Gasteiger partial charge in [0.15, 0.2) is 0 Å². The molecule has 3 nitrogen and oxygen atoms in total. The summed E-state index contributed by atoms with van der Waals surface area (Å²) in [4.78, 5) is 1.93. The molecule has 0 saturated carbocycles. The van der Waals surface area contributed by atoms with Gasteiger partial charge in [0, 0.05) is 26.4 Å². The Labute approximate surface area is 202 Å². The van der Waals surface area contributed by atoms with E-state index >= 15 is 0 Å². The quantitative estimate of drug-likeness (QED) is 0.201. The Hall–Kier alpha value is -3.80. The highest BCUT2D eigenvalue weighted by molar-refractivity contribution is 7.20.